The fraction of sp³-hybridized carbons (Fsp3) is 0.583. The largest absolute Gasteiger partial charge is 0.381 e. The summed E-state index contributed by atoms with van der Waals surface area (Å²) in [6.45, 7) is 1.23. The fourth-order valence-corrected chi connectivity index (χ4v) is 2.90. The lowest BCUT2D eigenvalue weighted by molar-refractivity contribution is 0.0139. The second-order valence-corrected chi connectivity index (χ2v) is 5.06. The van der Waals surface area contributed by atoms with Crippen molar-refractivity contribution in [3.05, 3.63) is 22.4 Å². The van der Waals surface area contributed by atoms with Crippen molar-refractivity contribution in [2.75, 3.05) is 20.2 Å². The van der Waals surface area contributed by atoms with Gasteiger partial charge < -0.3 is 15.4 Å². The number of amides is 1. The van der Waals surface area contributed by atoms with E-state index >= 15 is 0 Å². The van der Waals surface area contributed by atoms with E-state index < -0.39 is 0 Å². The predicted octanol–water partition coefficient (Wildman–Crippen LogP) is 1.33. The van der Waals surface area contributed by atoms with Crippen LogP contribution in [0.4, 0.5) is 0 Å². The van der Waals surface area contributed by atoms with E-state index in [2.05, 4.69) is 0 Å². The first kappa shape index (κ1) is 12.5. The van der Waals surface area contributed by atoms with Crippen molar-refractivity contribution in [2.24, 2.45) is 5.73 Å². The topological polar surface area (TPSA) is 55.6 Å². The summed E-state index contributed by atoms with van der Waals surface area (Å²) >= 11 is 1.54. The summed E-state index contributed by atoms with van der Waals surface area (Å²) in [6, 6.07) is 1.96. The number of hydrogen-bond acceptors (Lipinski definition) is 4. The number of nitrogens with two attached hydrogens (primary N) is 1. The van der Waals surface area contributed by atoms with Crippen LogP contribution in [-0.2, 0) is 4.74 Å². The predicted molar refractivity (Wildman–Crippen MR) is 68.2 cm³/mol. The molecule has 0 aliphatic carbocycles. The molecule has 0 unspecified atom stereocenters. The molecule has 1 aliphatic rings. The molecule has 17 heavy (non-hydrogen) atoms. The molecule has 0 aromatic carbocycles. The molecule has 94 valence electrons. The number of piperidine rings is 1. The highest BCUT2D eigenvalue weighted by molar-refractivity contribution is 7.08. The molecule has 2 atom stereocenters. The molecule has 1 aromatic heterocycles. The molecule has 1 aliphatic heterocycles. The van der Waals surface area contributed by atoms with Gasteiger partial charge in [0.25, 0.3) is 5.91 Å². The molecule has 0 bridgehead atoms. The minimum absolute atomic E-state index is 0.0938. The molecule has 2 N–H and O–H groups in total. The Morgan fingerprint density at radius 3 is 3.12 bits per heavy atom. The van der Waals surface area contributed by atoms with Crippen molar-refractivity contribution in [2.45, 2.75) is 25.0 Å². The number of rotatable bonds is 3. The SMILES string of the molecule is CO[C@H]1CCN(C(=O)c2ccsc2)[C@H](CN)C1. The van der Waals surface area contributed by atoms with Crippen molar-refractivity contribution in [1.29, 1.82) is 0 Å². The second kappa shape index (κ2) is 5.62. The Hall–Kier alpha value is -0.910. The van der Waals surface area contributed by atoms with Crippen molar-refractivity contribution >= 4 is 17.2 Å². The molecule has 1 aromatic rings. The van der Waals surface area contributed by atoms with E-state index in [-0.39, 0.29) is 18.1 Å². The summed E-state index contributed by atoms with van der Waals surface area (Å²) < 4.78 is 5.35. The number of ether oxygens (including phenoxy) is 1. The van der Waals surface area contributed by atoms with Crippen molar-refractivity contribution in [3.63, 3.8) is 0 Å². The molecule has 4 nitrogen and oxygen atoms in total. The molecule has 1 saturated heterocycles. The Bertz CT molecular complexity index is 367. The minimum Gasteiger partial charge on any atom is -0.381 e. The van der Waals surface area contributed by atoms with Crippen LogP contribution < -0.4 is 5.73 Å². The van der Waals surface area contributed by atoms with E-state index in [1.54, 1.807) is 18.4 Å². The van der Waals surface area contributed by atoms with Gasteiger partial charge in [-0.05, 0) is 24.3 Å². The molecular formula is C12H18N2O2S. The highest BCUT2D eigenvalue weighted by Crippen LogP contribution is 2.22. The zero-order chi connectivity index (χ0) is 12.3. The van der Waals surface area contributed by atoms with Crippen molar-refractivity contribution < 1.29 is 9.53 Å². The molecule has 2 heterocycles. The average Bonchev–Trinajstić information content (AvgIpc) is 2.91. The first-order valence-corrected chi connectivity index (χ1v) is 6.76. The smallest absolute Gasteiger partial charge is 0.254 e. The van der Waals surface area contributed by atoms with E-state index in [1.807, 2.05) is 21.7 Å². The number of thiophene rings is 1. The van der Waals surface area contributed by atoms with Crippen LogP contribution in [0.5, 0.6) is 0 Å². The number of carbonyl (C=O) groups is 1. The van der Waals surface area contributed by atoms with Gasteiger partial charge in [-0.25, -0.2) is 0 Å². The molecule has 0 spiro atoms. The van der Waals surface area contributed by atoms with Crippen LogP contribution >= 0.6 is 11.3 Å². The summed E-state index contributed by atoms with van der Waals surface area (Å²) in [4.78, 5) is 14.1. The highest BCUT2D eigenvalue weighted by Gasteiger charge is 2.31. The Morgan fingerprint density at radius 1 is 1.71 bits per heavy atom. The van der Waals surface area contributed by atoms with Crippen LogP contribution in [0.15, 0.2) is 16.8 Å². The van der Waals surface area contributed by atoms with Crippen LogP contribution in [0.1, 0.15) is 23.2 Å². The van der Waals surface area contributed by atoms with Crippen LogP contribution in [0.2, 0.25) is 0 Å². The van der Waals surface area contributed by atoms with Gasteiger partial charge in [-0.2, -0.15) is 11.3 Å². The Kier molecular flexibility index (Phi) is 4.15. The Balaban J connectivity index is 2.07. The van der Waals surface area contributed by atoms with Gasteiger partial charge in [-0.3, -0.25) is 4.79 Å². The van der Waals surface area contributed by atoms with Crippen LogP contribution in [0, 0.1) is 0 Å². The van der Waals surface area contributed by atoms with Crippen LogP contribution in [0.25, 0.3) is 0 Å². The third-order valence-corrected chi connectivity index (χ3v) is 3.99. The first-order chi connectivity index (χ1) is 8.26. The fourth-order valence-electron chi connectivity index (χ4n) is 2.27. The monoisotopic (exact) mass is 254 g/mol. The number of likely N-dealkylation sites (tertiary alicyclic amines) is 1. The van der Waals surface area contributed by atoms with Gasteiger partial charge in [0.1, 0.15) is 0 Å². The maximum absolute atomic E-state index is 12.3. The summed E-state index contributed by atoms with van der Waals surface area (Å²) in [6.07, 6.45) is 1.96. The van der Waals surface area contributed by atoms with Crippen molar-refractivity contribution in [1.82, 2.24) is 4.90 Å². The van der Waals surface area contributed by atoms with E-state index in [0.29, 0.717) is 6.54 Å². The maximum Gasteiger partial charge on any atom is 0.254 e. The molecular weight excluding hydrogens is 236 g/mol. The number of hydrogen-bond donors (Lipinski definition) is 1. The van der Waals surface area contributed by atoms with Gasteiger partial charge in [0.05, 0.1) is 11.7 Å². The lowest BCUT2D eigenvalue weighted by atomic mass is 9.98. The van der Waals surface area contributed by atoms with E-state index in [1.165, 1.54) is 0 Å². The molecule has 1 amide bonds. The summed E-state index contributed by atoms with van der Waals surface area (Å²) in [7, 11) is 1.72. The van der Waals surface area contributed by atoms with Crippen LogP contribution in [0.3, 0.4) is 0 Å². The van der Waals surface area contributed by atoms with Gasteiger partial charge in [0.15, 0.2) is 0 Å². The third-order valence-electron chi connectivity index (χ3n) is 3.30. The molecule has 0 saturated carbocycles. The van der Waals surface area contributed by atoms with Gasteiger partial charge >= 0.3 is 0 Å². The number of carbonyl (C=O) groups excluding carboxylic acids is 1. The molecule has 2 rings (SSSR count). The Morgan fingerprint density at radius 2 is 2.53 bits per heavy atom. The standard InChI is InChI=1S/C12H18N2O2S/c1-16-11-2-4-14(10(6-11)7-13)12(15)9-3-5-17-8-9/h3,5,8,10-11H,2,4,6-7,13H2,1H3/t10-,11-/m0/s1. The first-order valence-electron chi connectivity index (χ1n) is 5.82. The van der Waals surface area contributed by atoms with Gasteiger partial charge in [-0.15, -0.1) is 0 Å². The maximum atomic E-state index is 12.3. The van der Waals surface area contributed by atoms with Gasteiger partial charge in [0.2, 0.25) is 0 Å². The number of methoxy groups -OCH3 is 1. The summed E-state index contributed by atoms with van der Waals surface area (Å²) in [5.74, 6) is 0.0938. The van der Waals surface area contributed by atoms with Gasteiger partial charge in [-0.1, -0.05) is 0 Å². The van der Waals surface area contributed by atoms with Gasteiger partial charge in [0, 0.05) is 31.6 Å². The second-order valence-electron chi connectivity index (χ2n) is 4.28. The third kappa shape index (κ3) is 2.68. The van der Waals surface area contributed by atoms with E-state index in [0.717, 1.165) is 24.9 Å². The molecule has 1 fully saturated rings. The van der Waals surface area contributed by atoms with E-state index in [9.17, 15) is 4.79 Å². The zero-order valence-electron chi connectivity index (χ0n) is 9.96. The zero-order valence-corrected chi connectivity index (χ0v) is 10.8. The Labute approximate surface area is 105 Å². The molecule has 0 radical (unpaired) electrons. The average molecular weight is 254 g/mol. The molecule has 5 heteroatoms. The summed E-state index contributed by atoms with van der Waals surface area (Å²) in [5.41, 5.74) is 6.52. The number of nitrogens with zero attached hydrogens (tertiary/aromatic N) is 1. The summed E-state index contributed by atoms with van der Waals surface area (Å²) in [5, 5.41) is 3.81. The quantitative estimate of drug-likeness (QED) is 0.885. The lowest BCUT2D eigenvalue weighted by Gasteiger charge is -2.38. The minimum atomic E-state index is 0.0938. The normalized spacial score (nSPS) is 24.9. The van der Waals surface area contributed by atoms with Crippen molar-refractivity contribution in [3.8, 4) is 0 Å². The lowest BCUT2D eigenvalue weighted by Crippen LogP contribution is -2.51. The van der Waals surface area contributed by atoms with E-state index in [4.69, 9.17) is 10.5 Å². The highest BCUT2D eigenvalue weighted by atomic mass is 32.1. The van der Waals surface area contributed by atoms with Crippen LogP contribution in [-0.4, -0.2) is 43.2 Å².